The number of urea groups is 1. The van der Waals surface area contributed by atoms with Gasteiger partial charge in [0.15, 0.2) is 0 Å². The van der Waals surface area contributed by atoms with Gasteiger partial charge >= 0.3 is 12.0 Å². The van der Waals surface area contributed by atoms with Gasteiger partial charge in [0.2, 0.25) is 0 Å². The zero-order valence-corrected chi connectivity index (χ0v) is 13.2. The number of carbonyl (C=O) groups is 2. The van der Waals surface area contributed by atoms with Crippen molar-refractivity contribution in [2.75, 3.05) is 6.54 Å². The van der Waals surface area contributed by atoms with Crippen LogP contribution in [0.1, 0.15) is 30.6 Å². The fraction of sp³-hybridized carbons (Fsp3) is 0.571. The van der Waals surface area contributed by atoms with Crippen LogP contribution in [0, 0.1) is 5.92 Å². The summed E-state index contributed by atoms with van der Waals surface area (Å²) in [6.07, 6.45) is 3.95. The molecule has 1 aliphatic rings. The lowest BCUT2D eigenvalue weighted by Gasteiger charge is -2.29. The third-order valence-corrected chi connectivity index (χ3v) is 4.98. The molecule has 116 valence electrons. The first kappa shape index (κ1) is 16.1. The Morgan fingerprint density at radius 1 is 1.33 bits per heavy atom. The van der Waals surface area contributed by atoms with Crippen molar-refractivity contribution in [3.8, 4) is 0 Å². The lowest BCUT2D eigenvalue weighted by molar-refractivity contribution is -0.143. The molecule has 1 aromatic heterocycles. The molecular weight excluding hydrogens is 312 g/mol. The van der Waals surface area contributed by atoms with Crippen LogP contribution in [0.3, 0.4) is 0 Å². The number of carboxylic acid groups (broad SMARTS) is 1. The van der Waals surface area contributed by atoms with Crippen molar-refractivity contribution in [1.29, 1.82) is 0 Å². The molecule has 0 aliphatic heterocycles. The lowest BCUT2D eigenvalue weighted by Crippen LogP contribution is -2.49. The molecule has 1 fully saturated rings. The monoisotopic (exact) mass is 330 g/mol. The van der Waals surface area contributed by atoms with Crippen LogP contribution in [0.4, 0.5) is 4.79 Å². The predicted octanol–water partition coefficient (Wildman–Crippen LogP) is 2.89. The van der Waals surface area contributed by atoms with Crippen LogP contribution in [0.25, 0.3) is 0 Å². The average Bonchev–Trinajstić information content (AvgIpc) is 2.85. The summed E-state index contributed by atoms with van der Waals surface area (Å²) in [6, 6.07) is 3.21. The summed E-state index contributed by atoms with van der Waals surface area (Å²) < 4.78 is 0.737. The van der Waals surface area contributed by atoms with Crippen molar-refractivity contribution in [2.45, 2.75) is 38.1 Å². The van der Waals surface area contributed by atoms with Crippen molar-refractivity contribution < 1.29 is 14.7 Å². The molecule has 0 spiro atoms. The molecule has 0 radical (unpaired) electrons. The maximum atomic E-state index is 11.8. The van der Waals surface area contributed by atoms with Gasteiger partial charge in [-0.15, -0.1) is 11.3 Å². The highest BCUT2D eigenvalue weighted by molar-refractivity contribution is 7.16. The van der Waals surface area contributed by atoms with Crippen LogP contribution in [-0.4, -0.2) is 29.7 Å². The molecule has 1 aromatic rings. The predicted molar refractivity (Wildman–Crippen MR) is 82.9 cm³/mol. The number of hydrogen-bond acceptors (Lipinski definition) is 3. The molecule has 21 heavy (non-hydrogen) atoms. The van der Waals surface area contributed by atoms with E-state index in [0.29, 0.717) is 13.0 Å². The number of thiophene rings is 1. The highest BCUT2D eigenvalue weighted by Gasteiger charge is 2.31. The van der Waals surface area contributed by atoms with E-state index in [1.54, 1.807) is 0 Å². The minimum atomic E-state index is -0.826. The van der Waals surface area contributed by atoms with Crippen LogP contribution in [0.5, 0.6) is 0 Å². The summed E-state index contributed by atoms with van der Waals surface area (Å²) in [7, 11) is 0. The van der Waals surface area contributed by atoms with E-state index in [1.807, 2.05) is 12.1 Å². The Labute approximate surface area is 132 Å². The molecule has 3 N–H and O–H groups in total. The van der Waals surface area contributed by atoms with Gasteiger partial charge in [0.05, 0.1) is 10.3 Å². The maximum Gasteiger partial charge on any atom is 0.315 e. The van der Waals surface area contributed by atoms with Crippen molar-refractivity contribution >= 4 is 34.9 Å². The van der Waals surface area contributed by atoms with Gasteiger partial charge in [-0.25, -0.2) is 4.79 Å². The molecule has 1 aliphatic carbocycles. The average molecular weight is 331 g/mol. The number of rotatable bonds is 5. The van der Waals surface area contributed by atoms with Crippen LogP contribution in [0.2, 0.25) is 4.34 Å². The van der Waals surface area contributed by atoms with Gasteiger partial charge in [0.25, 0.3) is 0 Å². The van der Waals surface area contributed by atoms with Crippen LogP contribution in [-0.2, 0) is 11.2 Å². The van der Waals surface area contributed by atoms with Crippen LogP contribution in [0.15, 0.2) is 12.1 Å². The molecule has 2 atom stereocenters. The second kappa shape index (κ2) is 7.66. The minimum Gasteiger partial charge on any atom is -0.481 e. The lowest BCUT2D eigenvalue weighted by atomic mass is 9.84. The molecule has 2 unspecified atom stereocenters. The van der Waals surface area contributed by atoms with Gasteiger partial charge in [-0.3, -0.25) is 4.79 Å². The zero-order valence-electron chi connectivity index (χ0n) is 11.6. The van der Waals surface area contributed by atoms with Crippen molar-refractivity contribution in [3.05, 3.63) is 21.3 Å². The van der Waals surface area contributed by atoms with Crippen molar-refractivity contribution in [1.82, 2.24) is 10.6 Å². The molecule has 7 heteroatoms. The first-order chi connectivity index (χ1) is 10.1. The number of carboxylic acids is 1. The Bertz CT molecular complexity index is 506. The maximum absolute atomic E-state index is 11.8. The van der Waals surface area contributed by atoms with Crippen LogP contribution < -0.4 is 10.6 Å². The van der Waals surface area contributed by atoms with Gasteiger partial charge in [0, 0.05) is 17.5 Å². The number of halogens is 1. The molecule has 1 heterocycles. The van der Waals surface area contributed by atoms with Gasteiger partial charge in [-0.05, 0) is 31.4 Å². The fourth-order valence-electron chi connectivity index (χ4n) is 2.60. The number of hydrogen-bond donors (Lipinski definition) is 3. The number of carbonyl (C=O) groups excluding carboxylic acids is 1. The quantitative estimate of drug-likeness (QED) is 0.776. The van der Waals surface area contributed by atoms with E-state index in [4.69, 9.17) is 16.7 Å². The number of nitrogens with one attached hydrogen (secondary N) is 2. The van der Waals surface area contributed by atoms with Crippen LogP contribution >= 0.6 is 22.9 Å². The van der Waals surface area contributed by atoms with E-state index in [1.165, 1.54) is 11.3 Å². The molecule has 2 amide bonds. The van der Waals surface area contributed by atoms with Gasteiger partial charge in [-0.1, -0.05) is 24.4 Å². The SMILES string of the molecule is O=C(NCCc1ccc(Cl)s1)NC1CCCCC1C(=O)O. The molecule has 2 rings (SSSR count). The van der Waals surface area contributed by atoms with E-state index < -0.39 is 11.9 Å². The third kappa shape index (κ3) is 4.89. The highest BCUT2D eigenvalue weighted by atomic mass is 35.5. The van der Waals surface area contributed by atoms with Gasteiger partial charge < -0.3 is 15.7 Å². The summed E-state index contributed by atoms with van der Waals surface area (Å²) in [5.74, 6) is -1.30. The third-order valence-electron chi connectivity index (χ3n) is 3.69. The first-order valence-electron chi connectivity index (χ1n) is 7.07. The molecule has 5 nitrogen and oxygen atoms in total. The second-order valence-corrected chi connectivity index (χ2v) is 6.99. The Morgan fingerprint density at radius 3 is 2.76 bits per heavy atom. The summed E-state index contributed by atoms with van der Waals surface area (Å²) in [5, 5.41) is 14.7. The Morgan fingerprint density at radius 2 is 2.10 bits per heavy atom. The van der Waals surface area contributed by atoms with E-state index in [-0.39, 0.29) is 12.1 Å². The Kier molecular flexibility index (Phi) is 5.87. The molecule has 0 bridgehead atoms. The van der Waals surface area contributed by atoms with E-state index >= 15 is 0 Å². The smallest absolute Gasteiger partial charge is 0.315 e. The molecule has 1 saturated carbocycles. The Balaban J connectivity index is 1.74. The summed E-state index contributed by atoms with van der Waals surface area (Å²) in [6.45, 7) is 0.507. The van der Waals surface area contributed by atoms with E-state index in [2.05, 4.69) is 10.6 Å². The topological polar surface area (TPSA) is 78.4 Å². The van der Waals surface area contributed by atoms with Gasteiger partial charge in [0.1, 0.15) is 0 Å². The van der Waals surface area contributed by atoms with Crippen molar-refractivity contribution in [2.24, 2.45) is 5.92 Å². The van der Waals surface area contributed by atoms with Crippen molar-refractivity contribution in [3.63, 3.8) is 0 Å². The van der Waals surface area contributed by atoms with E-state index in [0.717, 1.165) is 34.9 Å². The first-order valence-corrected chi connectivity index (χ1v) is 8.27. The molecule has 0 aromatic carbocycles. The highest BCUT2D eigenvalue weighted by Crippen LogP contribution is 2.24. The molecular formula is C14H19ClN2O3S. The number of aliphatic carboxylic acids is 1. The summed E-state index contributed by atoms with van der Waals surface area (Å²) in [5.41, 5.74) is 0. The summed E-state index contributed by atoms with van der Waals surface area (Å²) in [4.78, 5) is 24.1. The zero-order chi connectivity index (χ0) is 15.2. The second-order valence-electron chi connectivity index (χ2n) is 5.19. The molecule has 0 saturated heterocycles. The Hall–Kier alpha value is -1.27. The van der Waals surface area contributed by atoms with E-state index in [9.17, 15) is 9.59 Å². The fourth-order valence-corrected chi connectivity index (χ4v) is 3.69. The minimum absolute atomic E-state index is 0.271. The standard InChI is InChI=1S/C14H19ClN2O3S/c15-12-6-5-9(21-12)7-8-16-14(20)17-11-4-2-1-3-10(11)13(18)19/h5-6,10-11H,1-4,7-8H2,(H,18,19)(H2,16,17,20). The normalized spacial score (nSPS) is 21.8. The van der Waals surface area contributed by atoms with Gasteiger partial charge in [-0.2, -0.15) is 0 Å². The largest absolute Gasteiger partial charge is 0.481 e. The number of amides is 2. The summed E-state index contributed by atoms with van der Waals surface area (Å²) >= 11 is 7.33.